The molecular formula is C23H16FN3O2S2. The molecular weight excluding hydrogens is 433 g/mol. The van der Waals surface area contributed by atoms with Crippen LogP contribution in [0.3, 0.4) is 0 Å². The lowest BCUT2D eigenvalue weighted by atomic mass is 10.2. The number of carbonyl (C=O) groups is 1. The van der Waals surface area contributed by atoms with Gasteiger partial charge in [0.25, 0.3) is 5.91 Å². The molecule has 2 aliphatic heterocycles. The summed E-state index contributed by atoms with van der Waals surface area (Å²) in [7, 11) is 1.94. The van der Waals surface area contributed by atoms with Crippen molar-refractivity contribution in [2.45, 2.75) is 4.90 Å². The predicted molar refractivity (Wildman–Crippen MR) is 124 cm³/mol. The number of amides is 1. The van der Waals surface area contributed by atoms with E-state index in [4.69, 9.17) is 0 Å². The van der Waals surface area contributed by atoms with Gasteiger partial charge in [0.15, 0.2) is 5.17 Å². The molecule has 5 rings (SSSR count). The van der Waals surface area contributed by atoms with Crippen molar-refractivity contribution in [1.29, 1.82) is 0 Å². The van der Waals surface area contributed by atoms with Crippen LogP contribution >= 0.6 is 23.5 Å². The summed E-state index contributed by atoms with van der Waals surface area (Å²) in [4.78, 5) is 23.3. The Kier molecular flexibility index (Phi) is 4.95. The Morgan fingerprint density at radius 3 is 2.35 bits per heavy atom. The minimum absolute atomic E-state index is 0.111. The summed E-state index contributed by atoms with van der Waals surface area (Å²) >= 11 is 2.83. The number of phenolic OH excluding ortho intramolecular Hbond substituents is 1. The molecule has 31 heavy (non-hydrogen) atoms. The van der Waals surface area contributed by atoms with Crippen molar-refractivity contribution in [2.24, 2.45) is 4.99 Å². The number of thioether (sulfide) groups is 2. The number of aliphatic imine (C=N–C) groups is 1. The summed E-state index contributed by atoms with van der Waals surface area (Å²) < 4.78 is 13.3. The third kappa shape index (κ3) is 3.58. The van der Waals surface area contributed by atoms with E-state index in [9.17, 15) is 14.3 Å². The van der Waals surface area contributed by atoms with Crippen LogP contribution in [-0.4, -0.2) is 23.2 Å². The molecule has 0 saturated carbocycles. The third-order valence-electron chi connectivity index (χ3n) is 4.87. The number of carbonyl (C=O) groups excluding carboxylic acids is 1. The number of nitrogens with zero attached hydrogens (tertiary/aromatic N) is 3. The molecule has 2 heterocycles. The molecule has 0 unspecified atom stereocenters. The molecule has 1 N–H and O–H groups in total. The van der Waals surface area contributed by atoms with Crippen LogP contribution in [0, 0.1) is 5.82 Å². The molecule has 2 aliphatic rings. The van der Waals surface area contributed by atoms with Gasteiger partial charge in [-0.15, -0.1) is 0 Å². The highest BCUT2D eigenvalue weighted by atomic mass is 32.2. The van der Waals surface area contributed by atoms with Crippen molar-refractivity contribution in [3.63, 3.8) is 0 Å². The summed E-state index contributed by atoms with van der Waals surface area (Å²) in [5.74, 6) is -0.432. The van der Waals surface area contributed by atoms with E-state index < -0.39 is 0 Å². The van der Waals surface area contributed by atoms with Crippen LogP contribution in [0.1, 0.15) is 0 Å². The molecule has 0 bridgehead atoms. The minimum atomic E-state index is -0.348. The molecule has 1 saturated heterocycles. The van der Waals surface area contributed by atoms with Crippen LogP contribution in [0.25, 0.3) is 0 Å². The Balaban J connectivity index is 1.61. The first-order chi connectivity index (χ1) is 15.0. The van der Waals surface area contributed by atoms with Gasteiger partial charge in [0.2, 0.25) is 0 Å². The Morgan fingerprint density at radius 1 is 0.935 bits per heavy atom. The maximum absolute atomic E-state index is 13.5. The molecule has 3 aromatic carbocycles. The Morgan fingerprint density at radius 2 is 1.65 bits per heavy atom. The largest absolute Gasteiger partial charge is 0.508 e. The van der Waals surface area contributed by atoms with Gasteiger partial charge in [-0.25, -0.2) is 9.38 Å². The zero-order chi connectivity index (χ0) is 21.5. The highest BCUT2D eigenvalue weighted by Crippen LogP contribution is 2.50. The summed E-state index contributed by atoms with van der Waals surface area (Å²) in [6, 6.07) is 20.2. The molecule has 8 heteroatoms. The van der Waals surface area contributed by atoms with Gasteiger partial charge >= 0.3 is 0 Å². The second-order valence-electron chi connectivity index (χ2n) is 6.89. The molecule has 0 atom stereocenters. The van der Waals surface area contributed by atoms with Crippen LogP contribution in [0.2, 0.25) is 0 Å². The van der Waals surface area contributed by atoms with Crippen molar-refractivity contribution in [1.82, 2.24) is 0 Å². The SMILES string of the molecule is CN1C(=C2SC(=Nc3ccc(F)cc3)N(c3ccc(O)cc3)C2=O)Sc2ccccc21. The summed E-state index contributed by atoms with van der Waals surface area (Å²) in [5.41, 5.74) is 2.18. The second-order valence-corrected chi connectivity index (χ2v) is 8.90. The van der Waals surface area contributed by atoms with Gasteiger partial charge in [0.05, 0.1) is 22.1 Å². The molecule has 0 aromatic heterocycles. The van der Waals surface area contributed by atoms with Gasteiger partial charge in [-0.05, 0) is 72.4 Å². The van der Waals surface area contributed by atoms with Gasteiger partial charge < -0.3 is 10.0 Å². The monoisotopic (exact) mass is 449 g/mol. The van der Waals surface area contributed by atoms with E-state index in [1.54, 1.807) is 36.0 Å². The van der Waals surface area contributed by atoms with Gasteiger partial charge in [0, 0.05) is 11.9 Å². The number of halogens is 1. The molecule has 0 aliphatic carbocycles. The normalized spacial score (nSPS) is 19.4. The molecule has 3 aromatic rings. The van der Waals surface area contributed by atoms with Crippen LogP contribution in [0.15, 0.2) is 92.6 Å². The minimum Gasteiger partial charge on any atom is -0.508 e. The second kappa shape index (κ2) is 7.79. The smallest absolute Gasteiger partial charge is 0.274 e. The van der Waals surface area contributed by atoms with Crippen LogP contribution in [0.5, 0.6) is 5.75 Å². The van der Waals surface area contributed by atoms with Crippen LogP contribution < -0.4 is 9.80 Å². The molecule has 1 fully saturated rings. The Labute approximate surface area is 186 Å². The summed E-state index contributed by atoms with van der Waals surface area (Å²) in [6.07, 6.45) is 0. The van der Waals surface area contributed by atoms with Crippen molar-refractivity contribution < 1.29 is 14.3 Å². The molecule has 0 radical (unpaired) electrons. The van der Waals surface area contributed by atoms with Crippen molar-refractivity contribution in [3.05, 3.63) is 88.5 Å². The summed E-state index contributed by atoms with van der Waals surface area (Å²) in [6.45, 7) is 0. The van der Waals surface area contributed by atoms with Gasteiger partial charge in [0.1, 0.15) is 16.5 Å². The number of rotatable bonds is 2. The number of benzene rings is 3. The number of phenols is 1. The van der Waals surface area contributed by atoms with Crippen LogP contribution in [-0.2, 0) is 4.79 Å². The predicted octanol–water partition coefficient (Wildman–Crippen LogP) is 5.71. The lowest BCUT2D eigenvalue weighted by molar-refractivity contribution is -0.113. The molecule has 0 spiro atoms. The first-order valence-corrected chi connectivity index (χ1v) is 11.0. The van der Waals surface area contributed by atoms with Crippen molar-refractivity contribution in [3.8, 4) is 5.75 Å². The number of fused-ring (bicyclic) bond motifs is 1. The average molecular weight is 450 g/mol. The maximum Gasteiger partial charge on any atom is 0.274 e. The number of aromatic hydroxyl groups is 1. The van der Waals surface area contributed by atoms with Crippen molar-refractivity contribution in [2.75, 3.05) is 16.8 Å². The lowest BCUT2D eigenvalue weighted by Crippen LogP contribution is -2.29. The molecule has 1 amide bonds. The number of anilines is 2. The topological polar surface area (TPSA) is 56.1 Å². The Hall–Kier alpha value is -3.23. The van der Waals surface area contributed by atoms with Gasteiger partial charge in [-0.3, -0.25) is 9.69 Å². The standard InChI is InChI=1S/C23H16FN3O2S2/c1-26-18-4-2-3-5-19(18)30-22(26)20-21(29)27(16-10-12-17(28)13-11-16)23(31-20)25-15-8-6-14(24)7-9-15/h2-13,28H,1H3. The van der Waals surface area contributed by atoms with E-state index >= 15 is 0 Å². The van der Waals surface area contributed by atoms with E-state index in [2.05, 4.69) is 4.99 Å². The van der Waals surface area contributed by atoms with E-state index in [-0.39, 0.29) is 17.5 Å². The lowest BCUT2D eigenvalue weighted by Gasteiger charge is -2.16. The zero-order valence-electron chi connectivity index (χ0n) is 16.3. The van der Waals surface area contributed by atoms with Crippen molar-refractivity contribution >= 4 is 51.7 Å². The zero-order valence-corrected chi connectivity index (χ0v) is 18.0. The number of amidine groups is 1. The fourth-order valence-electron chi connectivity index (χ4n) is 3.33. The van der Waals surface area contributed by atoms with E-state index in [1.165, 1.54) is 40.9 Å². The Bertz CT molecular complexity index is 1240. The first kappa shape index (κ1) is 19.7. The molecule has 5 nitrogen and oxygen atoms in total. The fourth-order valence-corrected chi connectivity index (χ4v) is 5.68. The van der Waals surface area contributed by atoms with E-state index in [1.807, 2.05) is 36.2 Å². The summed E-state index contributed by atoms with van der Waals surface area (Å²) in [5, 5.41) is 11.0. The molecule has 154 valence electrons. The maximum atomic E-state index is 13.5. The first-order valence-electron chi connectivity index (χ1n) is 9.42. The third-order valence-corrected chi connectivity index (χ3v) is 7.27. The number of hydrogen-bond acceptors (Lipinski definition) is 6. The average Bonchev–Trinajstić information content (AvgIpc) is 3.27. The van der Waals surface area contributed by atoms with Gasteiger partial charge in [-0.1, -0.05) is 23.9 Å². The number of hydrogen-bond donors (Lipinski definition) is 1. The highest BCUT2D eigenvalue weighted by Gasteiger charge is 2.40. The fraction of sp³-hybridized carbons (Fsp3) is 0.0435. The number of para-hydroxylation sites is 1. The van der Waals surface area contributed by atoms with Gasteiger partial charge in [-0.2, -0.15) is 0 Å². The quantitative estimate of drug-likeness (QED) is 0.508. The highest BCUT2D eigenvalue weighted by molar-refractivity contribution is 8.20. The van der Waals surface area contributed by atoms with Crippen LogP contribution in [0.4, 0.5) is 21.5 Å². The van der Waals surface area contributed by atoms with E-state index in [0.717, 1.165) is 15.6 Å². The van der Waals surface area contributed by atoms with E-state index in [0.29, 0.717) is 21.4 Å².